The Balaban J connectivity index is 1.92. The lowest BCUT2D eigenvalue weighted by atomic mass is 10.1. The first-order valence-electron chi connectivity index (χ1n) is 5.60. The van der Waals surface area contributed by atoms with E-state index in [4.69, 9.17) is 5.11 Å². The minimum Gasteiger partial charge on any atom is -0.396 e. The van der Waals surface area contributed by atoms with Gasteiger partial charge in [-0.1, -0.05) is 0 Å². The van der Waals surface area contributed by atoms with Crippen LogP contribution >= 0.6 is 0 Å². The molecule has 1 amide bonds. The van der Waals surface area contributed by atoms with Crippen LogP contribution in [0.1, 0.15) is 23.3 Å². The molecule has 1 aromatic rings. The van der Waals surface area contributed by atoms with Crippen LogP contribution < -0.4 is 10.6 Å². The molecule has 1 saturated carbocycles. The van der Waals surface area contributed by atoms with Gasteiger partial charge in [-0.3, -0.25) is 4.79 Å². The van der Waals surface area contributed by atoms with Crippen LogP contribution in [0.3, 0.4) is 0 Å². The van der Waals surface area contributed by atoms with E-state index < -0.39 is 0 Å². The minimum absolute atomic E-state index is 0.0289. The molecule has 0 spiro atoms. The number of aromatic nitrogens is 2. The highest BCUT2D eigenvalue weighted by Gasteiger charge is 2.41. The van der Waals surface area contributed by atoms with Crippen LogP contribution in [0, 0.1) is 5.41 Å². The Labute approximate surface area is 99.4 Å². The molecule has 1 aromatic heterocycles. The molecule has 6 nitrogen and oxygen atoms in total. The van der Waals surface area contributed by atoms with E-state index in [2.05, 4.69) is 20.8 Å². The second-order valence-corrected chi connectivity index (χ2v) is 4.39. The summed E-state index contributed by atoms with van der Waals surface area (Å²) >= 11 is 0. The molecule has 0 aromatic carbocycles. The second-order valence-electron chi connectivity index (χ2n) is 4.39. The molecule has 3 N–H and O–H groups in total. The normalized spacial score (nSPS) is 16.4. The van der Waals surface area contributed by atoms with Gasteiger partial charge in [-0.15, -0.1) is 10.2 Å². The van der Waals surface area contributed by atoms with E-state index in [9.17, 15) is 4.79 Å². The third-order valence-corrected chi connectivity index (χ3v) is 3.06. The topological polar surface area (TPSA) is 87.1 Å². The fraction of sp³-hybridized carbons (Fsp3) is 0.545. The molecule has 92 valence electrons. The van der Waals surface area contributed by atoms with Gasteiger partial charge in [0, 0.05) is 19.0 Å². The molecule has 0 aliphatic heterocycles. The molecule has 0 radical (unpaired) electrons. The minimum atomic E-state index is -0.252. The Morgan fingerprint density at radius 3 is 2.71 bits per heavy atom. The molecule has 0 atom stereocenters. The molecular weight excluding hydrogens is 220 g/mol. The van der Waals surface area contributed by atoms with Gasteiger partial charge in [0.05, 0.1) is 6.61 Å². The molecule has 17 heavy (non-hydrogen) atoms. The summed E-state index contributed by atoms with van der Waals surface area (Å²) in [6, 6.07) is 3.33. The fourth-order valence-electron chi connectivity index (χ4n) is 1.52. The maximum atomic E-state index is 11.2. The first kappa shape index (κ1) is 11.8. The van der Waals surface area contributed by atoms with Crippen LogP contribution in [0.2, 0.25) is 0 Å². The highest BCUT2D eigenvalue weighted by molar-refractivity contribution is 5.91. The first-order valence-corrected chi connectivity index (χ1v) is 5.60. The van der Waals surface area contributed by atoms with Gasteiger partial charge < -0.3 is 15.7 Å². The highest BCUT2D eigenvalue weighted by Crippen LogP contribution is 2.44. The van der Waals surface area contributed by atoms with Crippen LogP contribution in [0.25, 0.3) is 0 Å². The lowest BCUT2D eigenvalue weighted by Gasteiger charge is -2.12. The number of carbonyl (C=O) groups is 1. The summed E-state index contributed by atoms with van der Waals surface area (Å²) < 4.78 is 0. The van der Waals surface area contributed by atoms with Crippen molar-refractivity contribution in [1.82, 2.24) is 15.5 Å². The van der Waals surface area contributed by atoms with Crippen molar-refractivity contribution in [2.75, 3.05) is 25.5 Å². The zero-order valence-electron chi connectivity index (χ0n) is 9.73. The number of nitrogens with one attached hydrogen (secondary N) is 2. The fourth-order valence-corrected chi connectivity index (χ4v) is 1.52. The van der Waals surface area contributed by atoms with Crippen LogP contribution in [0.4, 0.5) is 5.82 Å². The Hall–Kier alpha value is -1.69. The molecule has 1 fully saturated rings. The quantitative estimate of drug-likeness (QED) is 0.671. The van der Waals surface area contributed by atoms with Crippen molar-refractivity contribution in [2.45, 2.75) is 12.8 Å². The summed E-state index contributed by atoms with van der Waals surface area (Å²) in [5.74, 6) is 0.371. The molecule has 1 heterocycles. The Morgan fingerprint density at radius 2 is 2.24 bits per heavy atom. The number of carbonyl (C=O) groups excluding carboxylic acids is 1. The standard InChI is InChI=1S/C11H16N4O2/c1-12-10(17)8-2-3-9(15-14-8)13-6-11(7-16)4-5-11/h2-3,16H,4-7H2,1H3,(H,12,17)(H,13,15). The highest BCUT2D eigenvalue weighted by atomic mass is 16.3. The van der Waals surface area contributed by atoms with Gasteiger partial charge in [0.1, 0.15) is 5.82 Å². The van der Waals surface area contributed by atoms with Gasteiger partial charge in [-0.25, -0.2) is 0 Å². The molecule has 2 rings (SSSR count). The monoisotopic (exact) mass is 236 g/mol. The third-order valence-electron chi connectivity index (χ3n) is 3.06. The van der Waals surface area contributed by atoms with Gasteiger partial charge in [0.25, 0.3) is 5.91 Å². The van der Waals surface area contributed by atoms with Crippen LogP contribution in [-0.4, -0.2) is 41.4 Å². The molecule has 0 bridgehead atoms. The largest absolute Gasteiger partial charge is 0.396 e. The van der Waals surface area contributed by atoms with E-state index in [-0.39, 0.29) is 17.9 Å². The van der Waals surface area contributed by atoms with Crippen molar-refractivity contribution < 1.29 is 9.90 Å². The van der Waals surface area contributed by atoms with Gasteiger partial charge >= 0.3 is 0 Å². The average Bonchev–Trinajstić information content (AvgIpc) is 3.17. The number of rotatable bonds is 5. The van der Waals surface area contributed by atoms with E-state index in [0.29, 0.717) is 18.1 Å². The van der Waals surface area contributed by atoms with E-state index in [1.807, 2.05) is 0 Å². The predicted octanol–water partition coefficient (Wildman–Crippen LogP) is 0.0206. The molecule has 6 heteroatoms. The summed E-state index contributed by atoms with van der Waals surface area (Å²) in [5, 5.41) is 22.5. The molecule has 0 unspecified atom stereocenters. The lowest BCUT2D eigenvalue weighted by Crippen LogP contribution is -2.21. The van der Waals surface area contributed by atoms with Crippen molar-refractivity contribution in [3.8, 4) is 0 Å². The van der Waals surface area contributed by atoms with E-state index in [0.717, 1.165) is 12.8 Å². The maximum absolute atomic E-state index is 11.2. The van der Waals surface area contributed by atoms with Crippen LogP contribution in [0.15, 0.2) is 12.1 Å². The van der Waals surface area contributed by atoms with Crippen LogP contribution in [0.5, 0.6) is 0 Å². The summed E-state index contributed by atoms with van der Waals surface area (Å²) in [6.45, 7) is 0.890. The van der Waals surface area contributed by atoms with Crippen molar-refractivity contribution >= 4 is 11.7 Å². The Morgan fingerprint density at radius 1 is 1.47 bits per heavy atom. The van der Waals surface area contributed by atoms with Gasteiger partial charge in [0.15, 0.2) is 5.69 Å². The number of hydrogen-bond acceptors (Lipinski definition) is 5. The van der Waals surface area contributed by atoms with E-state index >= 15 is 0 Å². The number of anilines is 1. The molecule has 1 aliphatic carbocycles. The smallest absolute Gasteiger partial charge is 0.271 e. The van der Waals surface area contributed by atoms with E-state index in [1.54, 1.807) is 19.2 Å². The average molecular weight is 236 g/mol. The predicted molar refractivity (Wildman–Crippen MR) is 62.7 cm³/mol. The molecule has 1 aliphatic rings. The third kappa shape index (κ3) is 2.71. The second kappa shape index (κ2) is 4.67. The summed E-state index contributed by atoms with van der Waals surface area (Å²) in [7, 11) is 1.55. The summed E-state index contributed by atoms with van der Waals surface area (Å²) in [6.07, 6.45) is 2.08. The van der Waals surface area contributed by atoms with E-state index in [1.165, 1.54) is 0 Å². The van der Waals surface area contributed by atoms with Crippen LogP contribution in [-0.2, 0) is 0 Å². The summed E-state index contributed by atoms with van der Waals surface area (Å²) in [5.41, 5.74) is 0.322. The lowest BCUT2D eigenvalue weighted by molar-refractivity contribution is 0.0957. The number of nitrogens with zero attached hydrogens (tertiary/aromatic N) is 2. The number of aliphatic hydroxyl groups excluding tert-OH is 1. The Bertz CT molecular complexity index is 400. The van der Waals surface area contributed by atoms with Crippen molar-refractivity contribution in [2.24, 2.45) is 5.41 Å². The number of amides is 1. The van der Waals surface area contributed by atoms with Crippen molar-refractivity contribution in [1.29, 1.82) is 0 Å². The van der Waals surface area contributed by atoms with Gasteiger partial charge in [-0.2, -0.15) is 0 Å². The van der Waals surface area contributed by atoms with Crippen molar-refractivity contribution in [3.63, 3.8) is 0 Å². The zero-order valence-corrected chi connectivity index (χ0v) is 9.73. The number of hydrogen-bond donors (Lipinski definition) is 3. The van der Waals surface area contributed by atoms with Gasteiger partial charge in [0.2, 0.25) is 0 Å². The van der Waals surface area contributed by atoms with Crippen molar-refractivity contribution in [3.05, 3.63) is 17.8 Å². The molecule has 0 saturated heterocycles. The molecular formula is C11H16N4O2. The van der Waals surface area contributed by atoms with Gasteiger partial charge in [-0.05, 0) is 25.0 Å². The SMILES string of the molecule is CNC(=O)c1ccc(NCC2(CO)CC2)nn1. The Kier molecular flexibility index (Phi) is 3.23. The maximum Gasteiger partial charge on any atom is 0.271 e. The first-order chi connectivity index (χ1) is 8.19. The summed E-state index contributed by atoms with van der Waals surface area (Å²) in [4.78, 5) is 11.2. The number of aliphatic hydroxyl groups is 1. The zero-order chi connectivity index (χ0) is 12.3.